The first-order valence-electron chi connectivity index (χ1n) is 9.23. The van der Waals surface area contributed by atoms with E-state index in [1.165, 1.54) is 0 Å². The average Bonchev–Trinajstić information content (AvgIpc) is 2.89. The maximum absolute atomic E-state index is 12.9. The zero-order valence-electron chi connectivity index (χ0n) is 16.4. The Kier molecular flexibility index (Phi) is 6.03. The molecule has 1 aliphatic rings. The van der Waals surface area contributed by atoms with Crippen LogP contribution in [0.15, 0.2) is 53.2 Å². The standard InChI is InChI=1S/C22H21ClN2O4/c1-4-9-29-22(28)15-5-7-16(8-6-15)24-19-18(23)20(26)25(21(19)27)17-11-13(2)10-14(3)12-17/h5-8,10-12,24H,4,9H2,1-3H3. The third kappa shape index (κ3) is 4.32. The van der Waals surface area contributed by atoms with Gasteiger partial charge in [-0.3, -0.25) is 9.59 Å². The number of nitrogens with zero attached hydrogens (tertiary/aromatic N) is 1. The summed E-state index contributed by atoms with van der Waals surface area (Å²) in [6, 6.07) is 11.9. The second kappa shape index (κ2) is 8.49. The molecule has 2 aromatic rings. The normalized spacial score (nSPS) is 13.9. The molecule has 0 saturated carbocycles. The molecule has 0 atom stereocenters. The lowest BCUT2D eigenvalue weighted by Gasteiger charge is -2.16. The molecule has 0 radical (unpaired) electrons. The molecule has 0 bridgehead atoms. The molecule has 0 unspecified atom stereocenters. The maximum atomic E-state index is 12.9. The lowest BCUT2D eigenvalue weighted by molar-refractivity contribution is -0.120. The van der Waals surface area contributed by atoms with Gasteiger partial charge in [0, 0.05) is 5.69 Å². The molecule has 2 aromatic carbocycles. The van der Waals surface area contributed by atoms with Crippen molar-refractivity contribution in [3.05, 3.63) is 69.9 Å². The topological polar surface area (TPSA) is 75.7 Å². The number of carbonyl (C=O) groups excluding carboxylic acids is 3. The van der Waals surface area contributed by atoms with Crippen LogP contribution in [-0.2, 0) is 14.3 Å². The van der Waals surface area contributed by atoms with Crippen molar-refractivity contribution in [2.45, 2.75) is 27.2 Å². The maximum Gasteiger partial charge on any atom is 0.338 e. The van der Waals surface area contributed by atoms with Crippen molar-refractivity contribution >= 4 is 40.8 Å². The molecular formula is C22H21ClN2O4. The number of esters is 1. The molecule has 1 heterocycles. The predicted molar refractivity (Wildman–Crippen MR) is 112 cm³/mol. The molecule has 150 valence electrons. The molecule has 0 aliphatic carbocycles. The molecule has 0 fully saturated rings. The summed E-state index contributed by atoms with van der Waals surface area (Å²) in [5, 5.41) is 2.71. The van der Waals surface area contributed by atoms with Gasteiger partial charge in [0.1, 0.15) is 10.7 Å². The van der Waals surface area contributed by atoms with Crippen molar-refractivity contribution < 1.29 is 19.1 Å². The number of benzene rings is 2. The van der Waals surface area contributed by atoms with Crippen molar-refractivity contribution in [1.29, 1.82) is 0 Å². The fourth-order valence-electron chi connectivity index (χ4n) is 3.04. The lowest BCUT2D eigenvalue weighted by Crippen LogP contribution is -2.32. The summed E-state index contributed by atoms with van der Waals surface area (Å²) in [6.45, 7) is 6.05. The highest BCUT2D eigenvalue weighted by molar-refractivity contribution is 6.53. The number of amides is 2. The molecule has 0 spiro atoms. The van der Waals surface area contributed by atoms with Gasteiger partial charge < -0.3 is 10.1 Å². The number of hydrogen-bond donors (Lipinski definition) is 1. The van der Waals surface area contributed by atoms with E-state index >= 15 is 0 Å². The number of ether oxygens (including phenoxy) is 1. The van der Waals surface area contributed by atoms with E-state index in [0.29, 0.717) is 23.5 Å². The first-order valence-corrected chi connectivity index (χ1v) is 9.60. The number of aryl methyl sites for hydroxylation is 2. The van der Waals surface area contributed by atoms with Crippen molar-refractivity contribution in [3.63, 3.8) is 0 Å². The Morgan fingerprint density at radius 3 is 2.24 bits per heavy atom. The van der Waals surface area contributed by atoms with Crippen molar-refractivity contribution in [2.24, 2.45) is 0 Å². The summed E-state index contributed by atoms with van der Waals surface area (Å²) in [5.41, 5.74) is 3.26. The van der Waals surface area contributed by atoms with Crippen molar-refractivity contribution in [1.82, 2.24) is 0 Å². The number of rotatable bonds is 6. The minimum absolute atomic E-state index is 0.00265. The Bertz CT molecular complexity index is 992. The predicted octanol–water partition coefficient (Wildman–Crippen LogP) is 4.31. The van der Waals surface area contributed by atoms with Crippen LogP contribution in [0, 0.1) is 13.8 Å². The molecule has 0 aromatic heterocycles. The van der Waals surface area contributed by atoms with Crippen LogP contribution in [0.2, 0.25) is 0 Å². The van der Waals surface area contributed by atoms with E-state index in [1.54, 1.807) is 36.4 Å². The fourth-order valence-corrected chi connectivity index (χ4v) is 3.25. The van der Waals surface area contributed by atoms with Crippen LogP contribution in [0.1, 0.15) is 34.8 Å². The van der Waals surface area contributed by atoms with Gasteiger partial charge in [-0.1, -0.05) is 24.6 Å². The second-order valence-electron chi connectivity index (χ2n) is 6.82. The van der Waals surface area contributed by atoms with Gasteiger partial charge in [0.15, 0.2) is 0 Å². The van der Waals surface area contributed by atoms with Gasteiger partial charge in [-0.05, 0) is 67.8 Å². The Balaban J connectivity index is 1.80. The minimum atomic E-state index is -0.580. The van der Waals surface area contributed by atoms with Crippen molar-refractivity contribution in [2.75, 3.05) is 16.8 Å². The Labute approximate surface area is 174 Å². The van der Waals surface area contributed by atoms with E-state index in [2.05, 4.69) is 5.32 Å². The first-order chi connectivity index (χ1) is 13.8. The second-order valence-corrected chi connectivity index (χ2v) is 7.20. The molecule has 6 nitrogen and oxygen atoms in total. The molecule has 1 N–H and O–H groups in total. The molecular weight excluding hydrogens is 392 g/mol. The van der Waals surface area contributed by atoms with E-state index in [-0.39, 0.29) is 10.7 Å². The summed E-state index contributed by atoms with van der Waals surface area (Å²) in [5.74, 6) is -1.52. The monoisotopic (exact) mass is 412 g/mol. The van der Waals surface area contributed by atoms with Crippen LogP contribution in [-0.4, -0.2) is 24.4 Å². The van der Waals surface area contributed by atoms with Gasteiger partial charge in [0.05, 0.1) is 17.9 Å². The average molecular weight is 413 g/mol. The SMILES string of the molecule is CCCOC(=O)c1ccc(NC2=C(Cl)C(=O)N(c3cc(C)cc(C)c3)C2=O)cc1. The quantitative estimate of drug-likeness (QED) is 0.565. The van der Waals surface area contributed by atoms with Gasteiger partial charge in [-0.2, -0.15) is 0 Å². The Morgan fingerprint density at radius 1 is 1.03 bits per heavy atom. The summed E-state index contributed by atoms with van der Waals surface area (Å²) >= 11 is 6.17. The van der Waals surface area contributed by atoms with E-state index in [1.807, 2.05) is 26.8 Å². The smallest absolute Gasteiger partial charge is 0.338 e. The molecule has 2 amide bonds. The zero-order valence-corrected chi connectivity index (χ0v) is 17.2. The van der Waals surface area contributed by atoms with Gasteiger partial charge in [-0.25, -0.2) is 9.69 Å². The number of carbonyl (C=O) groups is 3. The molecule has 3 rings (SSSR count). The highest BCUT2D eigenvalue weighted by atomic mass is 35.5. The Hall–Kier alpha value is -3.12. The zero-order chi connectivity index (χ0) is 21.1. The van der Waals surface area contributed by atoms with Crippen LogP contribution in [0.5, 0.6) is 0 Å². The molecule has 1 aliphatic heterocycles. The summed E-state index contributed by atoms with van der Waals surface area (Å²) in [7, 11) is 0. The summed E-state index contributed by atoms with van der Waals surface area (Å²) in [6.07, 6.45) is 0.741. The van der Waals surface area contributed by atoms with Crippen LogP contribution >= 0.6 is 11.6 Å². The van der Waals surface area contributed by atoms with Crippen LogP contribution in [0.3, 0.4) is 0 Å². The van der Waals surface area contributed by atoms with Crippen molar-refractivity contribution in [3.8, 4) is 0 Å². The van der Waals surface area contributed by atoms with Crippen LogP contribution < -0.4 is 10.2 Å². The third-order valence-corrected chi connectivity index (χ3v) is 4.67. The first kappa shape index (κ1) is 20.6. The third-order valence-electron chi connectivity index (χ3n) is 4.32. The fraction of sp³-hybridized carbons (Fsp3) is 0.227. The van der Waals surface area contributed by atoms with E-state index in [0.717, 1.165) is 22.4 Å². The summed E-state index contributed by atoms with van der Waals surface area (Å²) in [4.78, 5) is 38.4. The highest BCUT2D eigenvalue weighted by Gasteiger charge is 2.39. The van der Waals surface area contributed by atoms with Gasteiger partial charge in [0.2, 0.25) is 0 Å². The number of nitrogens with one attached hydrogen (secondary N) is 1. The number of halogens is 1. The van der Waals surface area contributed by atoms with E-state index in [4.69, 9.17) is 16.3 Å². The molecule has 7 heteroatoms. The van der Waals surface area contributed by atoms with E-state index < -0.39 is 17.8 Å². The number of hydrogen-bond acceptors (Lipinski definition) is 5. The summed E-state index contributed by atoms with van der Waals surface area (Å²) < 4.78 is 5.09. The van der Waals surface area contributed by atoms with Gasteiger partial charge >= 0.3 is 5.97 Å². The van der Waals surface area contributed by atoms with Gasteiger partial charge in [0.25, 0.3) is 11.8 Å². The highest BCUT2D eigenvalue weighted by Crippen LogP contribution is 2.31. The van der Waals surface area contributed by atoms with E-state index in [9.17, 15) is 14.4 Å². The molecule has 29 heavy (non-hydrogen) atoms. The lowest BCUT2D eigenvalue weighted by atomic mass is 10.1. The Morgan fingerprint density at radius 2 is 1.66 bits per heavy atom. The van der Waals surface area contributed by atoms with Crippen LogP contribution in [0.25, 0.3) is 0 Å². The number of imide groups is 1. The van der Waals surface area contributed by atoms with Crippen LogP contribution in [0.4, 0.5) is 11.4 Å². The largest absolute Gasteiger partial charge is 0.462 e. The number of anilines is 2. The molecule has 0 saturated heterocycles. The van der Waals surface area contributed by atoms with Gasteiger partial charge in [-0.15, -0.1) is 0 Å². The minimum Gasteiger partial charge on any atom is -0.462 e.